The van der Waals surface area contributed by atoms with Gasteiger partial charge in [-0.25, -0.2) is 0 Å². The van der Waals surface area contributed by atoms with E-state index < -0.39 is 17.1 Å². The van der Waals surface area contributed by atoms with Crippen LogP contribution in [0.25, 0.3) is 0 Å². The van der Waals surface area contributed by atoms with E-state index in [-0.39, 0.29) is 46.5 Å². The third-order valence-electron chi connectivity index (χ3n) is 9.30. The number of aliphatic hydroxyl groups excluding tert-OH is 1. The molecule has 0 radical (unpaired) electrons. The average molecular weight is 449 g/mol. The topological polar surface area (TPSA) is 80.7 Å². The second-order valence-corrected chi connectivity index (χ2v) is 11.9. The van der Waals surface area contributed by atoms with E-state index in [4.69, 9.17) is 4.74 Å². The number of carbonyl (C=O) groups is 3. The molecule has 0 heterocycles. The van der Waals surface area contributed by atoms with E-state index in [1.54, 1.807) is 6.92 Å². The Balaban J connectivity index is 1.68. The summed E-state index contributed by atoms with van der Waals surface area (Å²) in [6.07, 6.45) is 6.24. The maximum absolute atomic E-state index is 13.0. The SMILES string of the molecule is CCSCC(=O)O[C@]1(C(C)=O)CC[C@H]2[C@@H]3CCC4=CC(=O)CC[C@]4(C)[C@H]3[C@@H](O)C[C@@]21C. The molecule has 3 saturated carbocycles. The number of fused-ring (bicyclic) bond motifs is 5. The predicted octanol–water partition coefficient (Wildman–Crippen LogP) is 4.11. The molecule has 31 heavy (non-hydrogen) atoms. The molecule has 0 aliphatic heterocycles. The maximum atomic E-state index is 13.0. The van der Waals surface area contributed by atoms with Gasteiger partial charge < -0.3 is 9.84 Å². The van der Waals surface area contributed by atoms with Gasteiger partial charge in [-0.05, 0) is 80.4 Å². The van der Waals surface area contributed by atoms with Gasteiger partial charge in [-0.1, -0.05) is 26.3 Å². The van der Waals surface area contributed by atoms with Crippen LogP contribution in [0.2, 0.25) is 0 Å². The molecule has 4 aliphatic carbocycles. The number of thioether (sulfide) groups is 1. The van der Waals surface area contributed by atoms with Gasteiger partial charge in [0.25, 0.3) is 0 Å². The lowest BCUT2D eigenvalue weighted by atomic mass is 9.45. The van der Waals surface area contributed by atoms with Crippen molar-refractivity contribution in [3.63, 3.8) is 0 Å². The van der Waals surface area contributed by atoms with E-state index in [2.05, 4.69) is 13.8 Å². The van der Waals surface area contributed by atoms with Gasteiger partial charge >= 0.3 is 5.97 Å². The number of esters is 1. The Labute approximate surface area is 189 Å². The van der Waals surface area contributed by atoms with E-state index in [1.807, 2.05) is 13.0 Å². The van der Waals surface area contributed by atoms with E-state index in [9.17, 15) is 19.5 Å². The third kappa shape index (κ3) is 3.35. The minimum absolute atomic E-state index is 0.0905. The molecule has 0 aromatic carbocycles. The number of allylic oxidation sites excluding steroid dienone is 1. The van der Waals surface area contributed by atoms with Crippen molar-refractivity contribution in [1.82, 2.24) is 0 Å². The number of aliphatic hydroxyl groups is 1. The summed E-state index contributed by atoms with van der Waals surface area (Å²) in [6.45, 7) is 7.84. The lowest BCUT2D eigenvalue weighted by Gasteiger charge is -2.60. The van der Waals surface area contributed by atoms with Crippen LogP contribution >= 0.6 is 11.8 Å². The van der Waals surface area contributed by atoms with Crippen LogP contribution in [0.3, 0.4) is 0 Å². The van der Waals surface area contributed by atoms with Crippen LogP contribution < -0.4 is 0 Å². The molecule has 3 fully saturated rings. The zero-order chi connectivity index (χ0) is 22.6. The van der Waals surface area contributed by atoms with Crippen LogP contribution in [0.5, 0.6) is 0 Å². The molecule has 0 aromatic rings. The van der Waals surface area contributed by atoms with Crippen LogP contribution in [0.1, 0.15) is 72.6 Å². The minimum Gasteiger partial charge on any atom is -0.450 e. The summed E-state index contributed by atoms with van der Waals surface area (Å²) >= 11 is 1.50. The summed E-state index contributed by atoms with van der Waals surface area (Å²) < 4.78 is 6.03. The molecule has 1 N–H and O–H groups in total. The van der Waals surface area contributed by atoms with Crippen molar-refractivity contribution in [2.45, 2.75) is 84.3 Å². The number of ether oxygens (including phenoxy) is 1. The molecule has 0 unspecified atom stereocenters. The third-order valence-corrected chi connectivity index (χ3v) is 10.1. The maximum Gasteiger partial charge on any atom is 0.316 e. The molecule has 6 heteroatoms. The Bertz CT molecular complexity index is 821. The summed E-state index contributed by atoms with van der Waals surface area (Å²) in [5, 5.41) is 11.5. The van der Waals surface area contributed by atoms with Crippen molar-refractivity contribution in [3.05, 3.63) is 11.6 Å². The van der Waals surface area contributed by atoms with Crippen molar-refractivity contribution >= 4 is 29.3 Å². The lowest BCUT2D eigenvalue weighted by Crippen LogP contribution is -2.62. The lowest BCUT2D eigenvalue weighted by molar-refractivity contribution is -0.198. The highest BCUT2D eigenvalue weighted by molar-refractivity contribution is 7.99. The van der Waals surface area contributed by atoms with Crippen LogP contribution in [-0.4, -0.2) is 45.9 Å². The van der Waals surface area contributed by atoms with E-state index in [0.29, 0.717) is 19.3 Å². The largest absolute Gasteiger partial charge is 0.450 e. The van der Waals surface area contributed by atoms with E-state index in [0.717, 1.165) is 31.4 Å². The smallest absolute Gasteiger partial charge is 0.316 e. The predicted molar refractivity (Wildman–Crippen MR) is 121 cm³/mol. The van der Waals surface area contributed by atoms with Crippen molar-refractivity contribution < 1.29 is 24.2 Å². The number of hydrogen-bond donors (Lipinski definition) is 1. The Hall–Kier alpha value is -1.14. The first-order valence-corrected chi connectivity index (χ1v) is 13.0. The highest BCUT2D eigenvalue weighted by Crippen LogP contribution is 2.68. The zero-order valence-corrected chi connectivity index (χ0v) is 20.1. The first kappa shape index (κ1) is 23.0. The number of Topliss-reactive ketones (excluding diaryl/α,β-unsaturated/α-hetero) is 1. The summed E-state index contributed by atoms with van der Waals surface area (Å²) in [5.41, 5.74) is -0.665. The molecule has 0 amide bonds. The van der Waals surface area contributed by atoms with Crippen molar-refractivity contribution in [3.8, 4) is 0 Å². The Morgan fingerprint density at radius 2 is 1.97 bits per heavy atom. The summed E-state index contributed by atoms with van der Waals surface area (Å²) in [4.78, 5) is 37.7. The zero-order valence-electron chi connectivity index (χ0n) is 19.2. The van der Waals surface area contributed by atoms with E-state index in [1.165, 1.54) is 17.3 Å². The van der Waals surface area contributed by atoms with Gasteiger partial charge in [-0.3, -0.25) is 14.4 Å². The number of hydrogen-bond acceptors (Lipinski definition) is 6. The Morgan fingerprint density at radius 1 is 1.23 bits per heavy atom. The van der Waals surface area contributed by atoms with Crippen molar-refractivity contribution in [1.29, 1.82) is 0 Å². The quantitative estimate of drug-likeness (QED) is 0.638. The highest BCUT2D eigenvalue weighted by atomic mass is 32.2. The normalized spacial score (nSPS) is 44.0. The molecular weight excluding hydrogens is 412 g/mol. The number of carbonyl (C=O) groups excluding carboxylic acids is 3. The molecular formula is C25H36O5S. The molecule has 5 nitrogen and oxygen atoms in total. The van der Waals surface area contributed by atoms with Gasteiger partial charge in [-0.2, -0.15) is 11.8 Å². The fraction of sp³-hybridized carbons (Fsp3) is 0.800. The van der Waals surface area contributed by atoms with E-state index >= 15 is 0 Å². The molecule has 0 spiro atoms. The van der Waals surface area contributed by atoms with Crippen LogP contribution in [0.15, 0.2) is 11.6 Å². The minimum atomic E-state index is -1.14. The second kappa shape index (κ2) is 8.02. The Morgan fingerprint density at radius 3 is 2.65 bits per heavy atom. The van der Waals surface area contributed by atoms with Crippen molar-refractivity contribution in [2.24, 2.45) is 28.6 Å². The van der Waals surface area contributed by atoms with Crippen molar-refractivity contribution in [2.75, 3.05) is 11.5 Å². The fourth-order valence-electron chi connectivity index (χ4n) is 7.90. The number of rotatable bonds is 5. The molecule has 4 aliphatic rings. The van der Waals surface area contributed by atoms with Gasteiger partial charge in [0, 0.05) is 11.8 Å². The number of ketones is 2. The molecule has 0 bridgehead atoms. The van der Waals surface area contributed by atoms with Gasteiger partial charge in [0.15, 0.2) is 17.2 Å². The van der Waals surface area contributed by atoms with Crippen LogP contribution in [0.4, 0.5) is 0 Å². The first-order valence-electron chi connectivity index (χ1n) is 11.8. The summed E-state index contributed by atoms with van der Waals surface area (Å²) in [5.74, 6) is 1.45. The molecule has 4 rings (SSSR count). The first-order chi connectivity index (χ1) is 14.6. The summed E-state index contributed by atoms with van der Waals surface area (Å²) in [6, 6.07) is 0. The highest BCUT2D eigenvalue weighted by Gasteiger charge is 2.69. The molecule has 0 aromatic heterocycles. The molecule has 172 valence electrons. The molecule has 0 saturated heterocycles. The van der Waals surface area contributed by atoms with Gasteiger partial charge in [0.1, 0.15) is 0 Å². The standard InChI is InChI=1S/C25H36O5S/c1-5-31-14-21(29)30-25(15(2)26)11-9-19-18-7-6-16-12-17(27)8-10-23(16,3)22(18)20(28)13-24(19,25)4/h12,18-20,22,28H,5-11,13-14H2,1-4H3/t18-,19-,20-,22+,23-,24-,25-/m0/s1. The van der Waals surface area contributed by atoms with Gasteiger partial charge in [-0.15, -0.1) is 0 Å². The van der Waals surface area contributed by atoms with Gasteiger partial charge in [0.2, 0.25) is 0 Å². The average Bonchev–Trinajstić information content (AvgIpc) is 2.99. The van der Waals surface area contributed by atoms with Crippen LogP contribution in [0, 0.1) is 28.6 Å². The van der Waals surface area contributed by atoms with Gasteiger partial charge in [0.05, 0.1) is 11.9 Å². The summed E-state index contributed by atoms with van der Waals surface area (Å²) in [7, 11) is 0. The second-order valence-electron chi connectivity index (χ2n) is 10.6. The Kier molecular flexibility index (Phi) is 5.96. The molecule has 7 atom stereocenters. The van der Waals surface area contributed by atoms with Crippen LogP contribution in [-0.2, 0) is 19.1 Å². The monoisotopic (exact) mass is 448 g/mol. The fourth-order valence-corrected chi connectivity index (χ4v) is 8.33.